The Morgan fingerprint density at radius 3 is 2.57 bits per heavy atom. The van der Waals surface area contributed by atoms with Crippen molar-refractivity contribution in [2.75, 3.05) is 20.0 Å². The second-order valence-corrected chi connectivity index (χ2v) is 4.99. The number of carbonyl (C=O) groups is 2. The Hall–Kier alpha value is -2.35. The third-order valence-corrected chi connectivity index (χ3v) is 3.82. The first-order valence-corrected chi connectivity index (χ1v) is 7.04. The van der Waals surface area contributed by atoms with Gasteiger partial charge in [0.05, 0.1) is 19.9 Å². The second-order valence-electron chi connectivity index (χ2n) is 4.07. The molecule has 112 valence electrons. The van der Waals surface area contributed by atoms with E-state index in [9.17, 15) is 9.59 Å². The average molecular weight is 309 g/mol. The molecule has 8 heteroatoms. The van der Waals surface area contributed by atoms with Gasteiger partial charge in [-0.15, -0.1) is 11.3 Å². The number of imidazole rings is 1. The molecule has 0 fully saturated rings. The number of thiophene rings is 1. The molecule has 2 aromatic heterocycles. The number of methoxy groups -OCH3 is 2. The summed E-state index contributed by atoms with van der Waals surface area (Å²) < 4.78 is 11.0. The highest BCUT2D eigenvalue weighted by atomic mass is 32.1. The molecule has 0 radical (unpaired) electrons. The molecule has 0 amide bonds. The number of carbonyl (C=O) groups excluding carboxylic acids is 2. The quantitative estimate of drug-likeness (QED) is 0.863. The molecule has 2 N–H and O–H groups in total. The lowest BCUT2D eigenvalue weighted by molar-refractivity contribution is 0.0591. The number of ether oxygens (including phenoxy) is 2. The van der Waals surface area contributed by atoms with Crippen molar-refractivity contribution in [1.29, 1.82) is 0 Å². The number of nitrogens with two attached hydrogens (primary N) is 1. The van der Waals surface area contributed by atoms with Gasteiger partial charge in [0.1, 0.15) is 16.5 Å². The molecule has 2 rings (SSSR count). The summed E-state index contributed by atoms with van der Waals surface area (Å²) in [6.45, 7) is 1.88. The number of nitrogens with zero attached hydrogens (tertiary/aromatic N) is 2. The van der Waals surface area contributed by atoms with Crippen LogP contribution in [0, 0.1) is 0 Å². The third-order valence-electron chi connectivity index (χ3n) is 2.93. The Morgan fingerprint density at radius 1 is 1.33 bits per heavy atom. The van der Waals surface area contributed by atoms with Crippen molar-refractivity contribution in [2.24, 2.45) is 0 Å². The molecule has 0 spiro atoms. The van der Waals surface area contributed by atoms with E-state index in [1.807, 2.05) is 6.92 Å². The van der Waals surface area contributed by atoms with Gasteiger partial charge in [-0.3, -0.25) is 4.57 Å². The normalized spacial score (nSPS) is 10.4. The van der Waals surface area contributed by atoms with E-state index in [0.717, 1.165) is 0 Å². The first-order valence-electron chi connectivity index (χ1n) is 6.16. The number of aromatic nitrogens is 2. The number of hydrogen-bond acceptors (Lipinski definition) is 7. The summed E-state index contributed by atoms with van der Waals surface area (Å²) in [5.74, 6) is -0.371. The summed E-state index contributed by atoms with van der Waals surface area (Å²) in [6.07, 6.45) is 0.539. The lowest BCUT2D eigenvalue weighted by atomic mass is 10.3. The molecule has 7 nitrogen and oxygen atoms in total. The summed E-state index contributed by atoms with van der Waals surface area (Å²) in [4.78, 5) is 28.1. The maximum Gasteiger partial charge on any atom is 0.360 e. The standard InChI is InChI=1S/C13H15N3O4S/c1-4-8-15-9(12(17)19-2)11(14)16(8)7-5-6-21-10(7)13(18)20-3/h5-6H,4,14H2,1-3H3. The molecule has 0 unspecified atom stereocenters. The van der Waals surface area contributed by atoms with E-state index < -0.39 is 11.9 Å². The smallest absolute Gasteiger partial charge is 0.360 e. The van der Waals surface area contributed by atoms with Gasteiger partial charge in [-0.25, -0.2) is 14.6 Å². The van der Waals surface area contributed by atoms with Gasteiger partial charge in [0.15, 0.2) is 5.69 Å². The molecular weight excluding hydrogens is 294 g/mol. The number of aryl methyl sites for hydroxylation is 1. The molecule has 0 aliphatic heterocycles. The van der Waals surface area contributed by atoms with Crippen molar-refractivity contribution in [2.45, 2.75) is 13.3 Å². The van der Waals surface area contributed by atoms with Crippen molar-refractivity contribution < 1.29 is 19.1 Å². The minimum absolute atomic E-state index is 0.0383. The predicted octanol–water partition coefficient (Wildman–Crippen LogP) is 1.65. The Labute approximate surface area is 125 Å². The molecule has 2 heterocycles. The van der Waals surface area contributed by atoms with Gasteiger partial charge in [0.25, 0.3) is 0 Å². The van der Waals surface area contributed by atoms with E-state index >= 15 is 0 Å². The summed E-state index contributed by atoms with van der Waals surface area (Å²) in [7, 11) is 2.57. The minimum atomic E-state index is -0.615. The summed E-state index contributed by atoms with van der Waals surface area (Å²) in [6, 6.07) is 1.73. The van der Waals surface area contributed by atoms with Gasteiger partial charge in [-0.1, -0.05) is 6.92 Å². The van der Waals surface area contributed by atoms with Crippen LogP contribution in [-0.4, -0.2) is 35.7 Å². The molecule has 21 heavy (non-hydrogen) atoms. The topological polar surface area (TPSA) is 96.4 Å². The first-order chi connectivity index (χ1) is 10.0. The summed E-state index contributed by atoms with van der Waals surface area (Å²) in [5, 5.41) is 1.75. The summed E-state index contributed by atoms with van der Waals surface area (Å²) in [5.41, 5.74) is 6.59. The van der Waals surface area contributed by atoms with Crippen LogP contribution in [0.1, 0.15) is 32.9 Å². The fraction of sp³-hybridized carbons (Fsp3) is 0.308. The zero-order valence-electron chi connectivity index (χ0n) is 11.9. The molecular formula is C13H15N3O4S. The van der Waals surface area contributed by atoms with Gasteiger partial charge < -0.3 is 15.2 Å². The van der Waals surface area contributed by atoms with Crippen LogP contribution >= 0.6 is 11.3 Å². The lowest BCUT2D eigenvalue weighted by Crippen LogP contribution is -2.10. The SMILES string of the molecule is CCc1nc(C(=O)OC)c(N)n1-c1ccsc1C(=O)OC. The highest BCUT2D eigenvalue weighted by molar-refractivity contribution is 7.12. The average Bonchev–Trinajstić information content (AvgIpc) is 3.09. The third kappa shape index (κ3) is 2.49. The van der Waals surface area contributed by atoms with E-state index in [2.05, 4.69) is 9.72 Å². The van der Waals surface area contributed by atoms with E-state index in [1.165, 1.54) is 25.6 Å². The molecule has 0 atom stereocenters. The minimum Gasteiger partial charge on any atom is -0.465 e. The van der Waals surface area contributed by atoms with Crippen LogP contribution in [0.5, 0.6) is 0 Å². The fourth-order valence-electron chi connectivity index (χ4n) is 1.96. The van der Waals surface area contributed by atoms with Crippen LogP contribution < -0.4 is 5.73 Å². The Kier molecular flexibility index (Phi) is 4.27. The van der Waals surface area contributed by atoms with Crippen molar-refractivity contribution >= 4 is 29.1 Å². The second kappa shape index (κ2) is 5.96. The van der Waals surface area contributed by atoms with Gasteiger partial charge in [-0.05, 0) is 11.4 Å². The maximum atomic E-state index is 11.8. The largest absolute Gasteiger partial charge is 0.465 e. The highest BCUT2D eigenvalue weighted by Gasteiger charge is 2.24. The van der Waals surface area contributed by atoms with Crippen LogP contribution in [-0.2, 0) is 15.9 Å². The van der Waals surface area contributed by atoms with Crippen molar-refractivity contribution in [3.8, 4) is 5.69 Å². The van der Waals surface area contributed by atoms with Gasteiger partial charge in [0, 0.05) is 6.42 Å². The Morgan fingerprint density at radius 2 is 2.00 bits per heavy atom. The van der Waals surface area contributed by atoms with Gasteiger partial charge in [-0.2, -0.15) is 0 Å². The number of anilines is 1. The van der Waals surface area contributed by atoms with Crippen LogP contribution in [0.3, 0.4) is 0 Å². The summed E-state index contributed by atoms with van der Waals surface area (Å²) >= 11 is 1.23. The molecule has 0 aliphatic rings. The number of rotatable bonds is 4. The van der Waals surface area contributed by atoms with E-state index in [0.29, 0.717) is 22.8 Å². The van der Waals surface area contributed by atoms with Crippen LogP contribution in [0.15, 0.2) is 11.4 Å². The van der Waals surface area contributed by atoms with Crippen molar-refractivity contribution in [3.63, 3.8) is 0 Å². The number of esters is 2. The first kappa shape index (κ1) is 15.0. The lowest BCUT2D eigenvalue weighted by Gasteiger charge is -2.09. The predicted molar refractivity (Wildman–Crippen MR) is 77.9 cm³/mol. The molecule has 0 aromatic carbocycles. The van der Waals surface area contributed by atoms with Gasteiger partial charge >= 0.3 is 11.9 Å². The molecule has 2 aromatic rings. The van der Waals surface area contributed by atoms with Crippen LogP contribution in [0.2, 0.25) is 0 Å². The van der Waals surface area contributed by atoms with Crippen molar-refractivity contribution in [3.05, 3.63) is 27.8 Å². The van der Waals surface area contributed by atoms with E-state index in [1.54, 1.807) is 16.0 Å². The number of nitrogen functional groups attached to an aromatic ring is 1. The van der Waals surface area contributed by atoms with Crippen LogP contribution in [0.4, 0.5) is 5.82 Å². The van der Waals surface area contributed by atoms with Crippen LogP contribution in [0.25, 0.3) is 5.69 Å². The highest BCUT2D eigenvalue weighted by Crippen LogP contribution is 2.28. The zero-order valence-corrected chi connectivity index (χ0v) is 12.7. The Balaban J connectivity index is 2.64. The van der Waals surface area contributed by atoms with Gasteiger partial charge in [0.2, 0.25) is 0 Å². The molecule has 0 bridgehead atoms. The van der Waals surface area contributed by atoms with Crippen molar-refractivity contribution in [1.82, 2.24) is 9.55 Å². The molecule has 0 saturated heterocycles. The number of hydrogen-bond donors (Lipinski definition) is 1. The Bertz CT molecular complexity index is 690. The molecule has 0 aliphatic carbocycles. The monoisotopic (exact) mass is 309 g/mol. The maximum absolute atomic E-state index is 11.8. The zero-order chi connectivity index (χ0) is 15.6. The van der Waals surface area contributed by atoms with E-state index in [-0.39, 0.29) is 11.5 Å². The molecule has 0 saturated carbocycles. The van der Waals surface area contributed by atoms with E-state index in [4.69, 9.17) is 10.5 Å². The fourth-order valence-corrected chi connectivity index (χ4v) is 2.75.